The summed E-state index contributed by atoms with van der Waals surface area (Å²) in [6, 6.07) is 0. The number of fused-ring (bicyclic) bond motifs is 3. The molecule has 2 saturated heterocycles. The molecule has 0 spiro atoms. The summed E-state index contributed by atoms with van der Waals surface area (Å²) in [4.78, 5) is 12.2. The highest BCUT2D eigenvalue weighted by molar-refractivity contribution is 5.77. The highest BCUT2D eigenvalue weighted by Crippen LogP contribution is 2.57. The van der Waals surface area contributed by atoms with Crippen LogP contribution in [0.3, 0.4) is 0 Å². The quantitative estimate of drug-likeness (QED) is 0.293. The van der Waals surface area contributed by atoms with Crippen LogP contribution in [0.4, 0.5) is 0 Å². The van der Waals surface area contributed by atoms with Gasteiger partial charge in [0.1, 0.15) is 30.0 Å². The number of hydrogen-bond donors (Lipinski definition) is 5. The molecular formula is C21H32O9. The van der Waals surface area contributed by atoms with Gasteiger partial charge in [0.15, 0.2) is 12.4 Å². The van der Waals surface area contributed by atoms with E-state index in [-0.39, 0.29) is 5.41 Å². The molecule has 2 aliphatic carbocycles. The van der Waals surface area contributed by atoms with E-state index in [9.17, 15) is 30.3 Å². The molecular weight excluding hydrogens is 396 g/mol. The molecule has 4 unspecified atom stereocenters. The van der Waals surface area contributed by atoms with Crippen molar-refractivity contribution >= 4 is 5.97 Å². The summed E-state index contributed by atoms with van der Waals surface area (Å²) >= 11 is 0. The van der Waals surface area contributed by atoms with Crippen molar-refractivity contribution < 1.29 is 44.5 Å². The van der Waals surface area contributed by atoms with Crippen molar-refractivity contribution in [3.05, 3.63) is 11.1 Å². The molecule has 9 nitrogen and oxygen atoms in total. The monoisotopic (exact) mass is 428 g/mol. The fourth-order valence-corrected chi connectivity index (χ4v) is 5.63. The van der Waals surface area contributed by atoms with E-state index in [1.165, 1.54) is 0 Å². The van der Waals surface area contributed by atoms with Gasteiger partial charge in [0.2, 0.25) is 0 Å². The van der Waals surface area contributed by atoms with Crippen LogP contribution in [-0.2, 0) is 19.0 Å². The minimum absolute atomic E-state index is 0.236. The maximum atomic E-state index is 12.2. The minimum atomic E-state index is -1.51. The number of aliphatic hydroxyl groups excluding tert-OH is 4. The third kappa shape index (κ3) is 3.14. The number of esters is 1. The average molecular weight is 428 g/mol. The molecule has 30 heavy (non-hydrogen) atoms. The Labute approximate surface area is 175 Å². The minimum Gasteiger partial charge on any atom is -0.454 e. The molecule has 5 N–H and O–H groups in total. The predicted molar refractivity (Wildman–Crippen MR) is 102 cm³/mol. The van der Waals surface area contributed by atoms with E-state index in [0.29, 0.717) is 12.8 Å². The molecule has 170 valence electrons. The highest BCUT2D eigenvalue weighted by atomic mass is 16.7. The summed E-state index contributed by atoms with van der Waals surface area (Å²) in [5.41, 5.74) is 0.180. The first-order valence-electron chi connectivity index (χ1n) is 10.6. The van der Waals surface area contributed by atoms with Crippen LogP contribution in [0.25, 0.3) is 0 Å². The van der Waals surface area contributed by atoms with Crippen LogP contribution < -0.4 is 0 Å². The van der Waals surface area contributed by atoms with Crippen LogP contribution >= 0.6 is 0 Å². The lowest BCUT2D eigenvalue weighted by atomic mass is 9.57. The van der Waals surface area contributed by atoms with Crippen LogP contribution in [0, 0.1) is 11.3 Å². The van der Waals surface area contributed by atoms with E-state index in [1.807, 2.05) is 6.92 Å². The third-order valence-corrected chi connectivity index (χ3v) is 7.79. The number of carbonyl (C=O) groups is 1. The zero-order valence-electron chi connectivity index (χ0n) is 17.5. The van der Waals surface area contributed by atoms with E-state index >= 15 is 0 Å². The summed E-state index contributed by atoms with van der Waals surface area (Å²) in [5, 5.41) is 50.9. The maximum absolute atomic E-state index is 12.2. The van der Waals surface area contributed by atoms with Crippen molar-refractivity contribution in [2.75, 3.05) is 6.61 Å². The number of rotatable bonds is 3. The molecule has 2 aliphatic heterocycles. The first-order chi connectivity index (χ1) is 14.0. The molecule has 0 aromatic carbocycles. The normalized spacial score (nSPS) is 51.4. The molecule has 0 aromatic rings. The Balaban J connectivity index is 1.62. The fraction of sp³-hybridized carbons (Fsp3) is 0.857. The highest BCUT2D eigenvalue weighted by Gasteiger charge is 2.62. The molecule has 4 aliphatic rings. The van der Waals surface area contributed by atoms with E-state index in [4.69, 9.17) is 14.2 Å². The molecule has 9 heteroatoms. The summed E-state index contributed by atoms with van der Waals surface area (Å²) in [7, 11) is 0. The van der Waals surface area contributed by atoms with Gasteiger partial charge in [-0.3, -0.25) is 4.79 Å². The van der Waals surface area contributed by atoms with Crippen molar-refractivity contribution in [1.82, 2.24) is 0 Å². The summed E-state index contributed by atoms with van der Waals surface area (Å²) < 4.78 is 17.1. The van der Waals surface area contributed by atoms with Gasteiger partial charge in [-0.15, -0.1) is 0 Å². The van der Waals surface area contributed by atoms with E-state index in [0.717, 1.165) is 24.0 Å². The van der Waals surface area contributed by atoms with Gasteiger partial charge < -0.3 is 39.7 Å². The van der Waals surface area contributed by atoms with E-state index in [1.54, 1.807) is 6.92 Å². The van der Waals surface area contributed by atoms with Crippen LogP contribution in [0.1, 0.15) is 46.5 Å². The number of hydrogen-bond acceptors (Lipinski definition) is 9. The van der Waals surface area contributed by atoms with Crippen molar-refractivity contribution in [3.8, 4) is 0 Å². The maximum Gasteiger partial charge on any atom is 0.312 e. The second-order valence-corrected chi connectivity index (χ2v) is 9.55. The topological polar surface area (TPSA) is 146 Å². The molecule has 0 aromatic heterocycles. The smallest absolute Gasteiger partial charge is 0.312 e. The molecule has 10 atom stereocenters. The van der Waals surface area contributed by atoms with Crippen LogP contribution in [0.5, 0.6) is 0 Å². The van der Waals surface area contributed by atoms with Crippen molar-refractivity contribution in [2.24, 2.45) is 11.3 Å². The van der Waals surface area contributed by atoms with Gasteiger partial charge in [0.05, 0.1) is 18.6 Å². The van der Waals surface area contributed by atoms with Gasteiger partial charge >= 0.3 is 5.97 Å². The van der Waals surface area contributed by atoms with Crippen molar-refractivity contribution in [2.45, 2.75) is 95.0 Å². The van der Waals surface area contributed by atoms with Crippen LogP contribution in [-0.4, -0.2) is 86.6 Å². The predicted octanol–water partition coefficient (Wildman–Crippen LogP) is -0.625. The Morgan fingerprint density at radius 2 is 1.83 bits per heavy atom. The zero-order chi connectivity index (χ0) is 22.0. The molecule has 2 heterocycles. The van der Waals surface area contributed by atoms with E-state index < -0.39 is 67.0 Å². The van der Waals surface area contributed by atoms with Crippen LogP contribution in [0.15, 0.2) is 11.1 Å². The summed E-state index contributed by atoms with van der Waals surface area (Å²) in [6.45, 7) is 5.12. The molecule has 3 fully saturated rings. The lowest BCUT2D eigenvalue weighted by molar-refractivity contribution is -0.309. The molecule has 4 rings (SSSR count). The average Bonchev–Trinajstić information content (AvgIpc) is 2.94. The molecule has 0 radical (unpaired) electrons. The Morgan fingerprint density at radius 1 is 1.13 bits per heavy atom. The molecule has 1 saturated carbocycles. The van der Waals surface area contributed by atoms with Gasteiger partial charge in [-0.05, 0) is 56.1 Å². The Kier molecular flexibility index (Phi) is 5.54. The fourth-order valence-electron chi connectivity index (χ4n) is 5.63. The third-order valence-electron chi connectivity index (χ3n) is 7.79. The standard InChI is InChI=1S/C21H32O9/c1-9-11(28-19-16(25)15(24)14(23)12(8-22)29-19)4-5-20(3)6-7-21(27)10(2)18(26)30-17(21)13(9)20/h10-12,14-17,19,22-25,27H,4-8H2,1-3H3/t10-,11?,12?,14+,15-,16?,17?,19+,20+,21+/m0/s1. The lowest BCUT2D eigenvalue weighted by Crippen LogP contribution is -2.60. The van der Waals surface area contributed by atoms with Gasteiger partial charge in [0, 0.05) is 0 Å². The summed E-state index contributed by atoms with van der Waals surface area (Å²) in [5.74, 6) is -1.02. The molecule has 0 amide bonds. The second-order valence-electron chi connectivity index (χ2n) is 9.55. The number of carbonyl (C=O) groups excluding carboxylic acids is 1. The lowest BCUT2D eigenvalue weighted by Gasteiger charge is -2.51. The van der Waals surface area contributed by atoms with E-state index in [2.05, 4.69) is 6.92 Å². The van der Waals surface area contributed by atoms with Crippen LogP contribution in [0.2, 0.25) is 0 Å². The van der Waals surface area contributed by atoms with Gasteiger partial charge in [-0.2, -0.15) is 0 Å². The SMILES string of the molecule is CC1=C2C3OC(=O)[C@H](C)[C@]3(O)CC[C@@]2(C)CCC1O[C@@H]1OC(CO)[C@@H](O)[C@H](O)C1O. The Hall–Kier alpha value is -1.07. The molecule has 0 bridgehead atoms. The van der Waals surface area contributed by atoms with Gasteiger partial charge in [-0.25, -0.2) is 0 Å². The Morgan fingerprint density at radius 3 is 2.50 bits per heavy atom. The van der Waals surface area contributed by atoms with Crippen molar-refractivity contribution in [3.63, 3.8) is 0 Å². The van der Waals surface area contributed by atoms with Gasteiger partial charge in [0.25, 0.3) is 0 Å². The second kappa shape index (κ2) is 7.51. The number of ether oxygens (including phenoxy) is 3. The van der Waals surface area contributed by atoms with Crippen molar-refractivity contribution in [1.29, 1.82) is 0 Å². The summed E-state index contributed by atoms with van der Waals surface area (Å²) in [6.07, 6.45) is -5.41. The Bertz CT molecular complexity index is 736. The first kappa shape index (κ1) is 22.1. The first-order valence-corrected chi connectivity index (χ1v) is 10.6. The largest absolute Gasteiger partial charge is 0.454 e. The number of aliphatic hydroxyl groups is 5. The van der Waals surface area contributed by atoms with Gasteiger partial charge in [-0.1, -0.05) is 6.92 Å². The zero-order valence-corrected chi connectivity index (χ0v) is 17.5.